The first kappa shape index (κ1) is 29.3. The summed E-state index contributed by atoms with van der Waals surface area (Å²) in [5.74, 6) is -0.276. The van der Waals surface area contributed by atoms with Gasteiger partial charge in [0.2, 0.25) is 11.8 Å². The molecule has 6 rings (SSSR count). The van der Waals surface area contributed by atoms with Gasteiger partial charge in [-0.05, 0) is 54.9 Å². The van der Waals surface area contributed by atoms with Crippen LogP contribution in [-0.2, 0) is 15.0 Å². The lowest BCUT2D eigenvalue weighted by Crippen LogP contribution is -2.56. The van der Waals surface area contributed by atoms with Crippen LogP contribution >= 0.6 is 0 Å². The predicted molar refractivity (Wildman–Crippen MR) is 169 cm³/mol. The van der Waals surface area contributed by atoms with Crippen molar-refractivity contribution < 1.29 is 14.4 Å². The molecule has 8 heteroatoms. The molecule has 1 saturated carbocycles. The Labute approximate surface area is 254 Å². The molecule has 0 radical (unpaired) electrons. The summed E-state index contributed by atoms with van der Waals surface area (Å²) in [6.07, 6.45) is 9.78. The van der Waals surface area contributed by atoms with Gasteiger partial charge in [-0.15, -0.1) is 0 Å². The van der Waals surface area contributed by atoms with E-state index in [0.717, 1.165) is 67.0 Å². The molecule has 1 aromatic heterocycles. The number of fused-ring (bicyclic) bond motifs is 3. The summed E-state index contributed by atoms with van der Waals surface area (Å²) < 4.78 is 0. The van der Waals surface area contributed by atoms with Crippen molar-refractivity contribution in [2.24, 2.45) is 0 Å². The van der Waals surface area contributed by atoms with Crippen LogP contribution in [0.5, 0.6) is 0 Å². The van der Waals surface area contributed by atoms with E-state index in [1.165, 1.54) is 12.0 Å². The van der Waals surface area contributed by atoms with Gasteiger partial charge in [0, 0.05) is 61.7 Å². The molecule has 2 heterocycles. The molecule has 1 saturated heterocycles. The van der Waals surface area contributed by atoms with Crippen LogP contribution in [0.25, 0.3) is 10.9 Å². The number of benzene rings is 2. The van der Waals surface area contributed by atoms with E-state index in [-0.39, 0.29) is 41.1 Å². The molecule has 228 valence electrons. The van der Waals surface area contributed by atoms with E-state index in [2.05, 4.69) is 39.9 Å². The van der Waals surface area contributed by atoms with Crippen LogP contribution in [0, 0.1) is 0 Å². The number of nitrogens with one attached hydrogen (secondary N) is 3. The number of piperidine rings is 1. The highest BCUT2D eigenvalue weighted by molar-refractivity contribution is 5.90. The number of rotatable bonds is 6. The molecule has 3 atom stereocenters. The molecular formula is C35H45N5O3. The van der Waals surface area contributed by atoms with Crippen molar-refractivity contribution in [3.05, 3.63) is 71.4 Å². The van der Waals surface area contributed by atoms with Crippen LogP contribution in [0.1, 0.15) is 86.8 Å². The van der Waals surface area contributed by atoms with Gasteiger partial charge in [0.05, 0.1) is 5.92 Å². The molecule has 3 N–H and O–H groups in total. The highest BCUT2D eigenvalue weighted by Gasteiger charge is 2.49. The molecular weight excluding hydrogens is 538 g/mol. The summed E-state index contributed by atoms with van der Waals surface area (Å²) in [5.41, 5.74) is 4.32. The minimum atomic E-state index is -0.698. The third kappa shape index (κ3) is 5.64. The van der Waals surface area contributed by atoms with Crippen molar-refractivity contribution in [1.82, 2.24) is 25.4 Å². The van der Waals surface area contributed by atoms with Gasteiger partial charge < -0.3 is 25.4 Å². The maximum atomic E-state index is 14.3. The van der Waals surface area contributed by atoms with E-state index in [1.54, 1.807) is 4.90 Å². The maximum absolute atomic E-state index is 14.3. The molecule has 3 aliphatic rings. The fourth-order valence-corrected chi connectivity index (χ4v) is 7.92. The van der Waals surface area contributed by atoms with E-state index >= 15 is 0 Å². The van der Waals surface area contributed by atoms with Gasteiger partial charge in [-0.25, -0.2) is 4.79 Å². The fraction of sp³-hybridized carbons (Fsp3) is 0.514. The Hall–Kier alpha value is -3.81. The predicted octanol–water partition coefficient (Wildman–Crippen LogP) is 5.41. The summed E-state index contributed by atoms with van der Waals surface area (Å²) >= 11 is 0. The zero-order valence-electron chi connectivity index (χ0n) is 25.7. The molecule has 2 fully saturated rings. The molecule has 1 spiro atoms. The number of aromatic amines is 1. The minimum absolute atomic E-state index is 0.0429. The highest BCUT2D eigenvalue weighted by atomic mass is 16.2. The van der Waals surface area contributed by atoms with Crippen molar-refractivity contribution >= 4 is 28.7 Å². The number of nitrogens with zero attached hydrogens (tertiary/aromatic N) is 2. The number of hydrogen-bond acceptors (Lipinski definition) is 3. The molecule has 43 heavy (non-hydrogen) atoms. The summed E-state index contributed by atoms with van der Waals surface area (Å²) in [6, 6.07) is 15.6. The van der Waals surface area contributed by atoms with Crippen LogP contribution in [0.2, 0.25) is 0 Å². The number of likely N-dealkylation sites (N-methyl/N-ethyl adjacent to an activating group) is 1. The molecule has 1 aliphatic heterocycles. The Bertz CT molecular complexity index is 1480. The first-order valence-electron chi connectivity index (χ1n) is 16.0. The second kappa shape index (κ2) is 12.1. The Morgan fingerprint density at radius 2 is 1.67 bits per heavy atom. The Morgan fingerprint density at radius 3 is 2.42 bits per heavy atom. The number of H-pyrrole nitrogens is 1. The molecule has 2 aromatic carbocycles. The number of amides is 4. The van der Waals surface area contributed by atoms with Gasteiger partial charge in [-0.3, -0.25) is 9.59 Å². The van der Waals surface area contributed by atoms with Crippen molar-refractivity contribution in [2.45, 2.75) is 87.6 Å². The maximum Gasteiger partial charge on any atom is 0.315 e. The van der Waals surface area contributed by atoms with Crippen molar-refractivity contribution in [3.63, 3.8) is 0 Å². The van der Waals surface area contributed by atoms with E-state index < -0.39 is 6.04 Å². The SMILES string of the molecule is CC(c1c[nH]c2ccccc12)C(NC(=O)NC1CCCCC1)C(=O)N1CCC2(CC1)CC(C(=O)N(C)C)c1ccccc12. The summed E-state index contributed by atoms with van der Waals surface area (Å²) in [5, 5.41) is 7.34. The quantitative estimate of drug-likeness (QED) is 0.362. The third-order valence-electron chi connectivity index (χ3n) is 10.4. The third-order valence-corrected chi connectivity index (χ3v) is 10.4. The van der Waals surface area contributed by atoms with Gasteiger partial charge in [0.15, 0.2) is 0 Å². The number of carbonyl (C=O) groups excluding carboxylic acids is 3. The molecule has 4 amide bonds. The number of urea groups is 1. The van der Waals surface area contributed by atoms with Crippen molar-refractivity contribution in [3.8, 4) is 0 Å². The van der Waals surface area contributed by atoms with Crippen LogP contribution in [0.4, 0.5) is 4.79 Å². The molecule has 8 nitrogen and oxygen atoms in total. The smallest absolute Gasteiger partial charge is 0.315 e. The number of likely N-dealkylation sites (tertiary alicyclic amines) is 1. The number of carbonyl (C=O) groups is 3. The number of hydrogen-bond donors (Lipinski definition) is 3. The van der Waals surface area contributed by atoms with Crippen LogP contribution in [0.15, 0.2) is 54.7 Å². The van der Waals surface area contributed by atoms with Gasteiger partial charge in [0.25, 0.3) is 0 Å². The fourth-order valence-electron chi connectivity index (χ4n) is 7.92. The lowest BCUT2D eigenvalue weighted by Gasteiger charge is -2.42. The second-order valence-electron chi connectivity index (χ2n) is 13.2. The van der Waals surface area contributed by atoms with Crippen molar-refractivity contribution in [2.75, 3.05) is 27.2 Å². The molecule has 3 unspecified atom stereocenters. The van der Waals surface area contributed by atoms with Gasteiger partial charge in [-0.2, -0.15) is 0 Å². The highest BCUT2D eigenvalue weighted by Crippen LogP contribution is 2.52. The second-order valence-corrected chi connectivity index (χ2v) is 13.2. The zero-order chi connectivity index (χ0) is 30.1. The number of para-hydroxylation sites is 1. The van der Waals surface area contributed by atoms with Gasteiger partial charge in [-0.1, -0.05) is 68.7 Å². The average molecular weight is 584 g/mol. The van der Waals surface area contributed by atoms with Crippen molar-refractivity contribution in [1.29, 1.82) is 0 Å². The average Bonchev–Trinajstić information content (AvgIpc) is 3.60. The van der Waals surface area contributed by atoms with E-state index in [9.17, 15) is 14.4 Å². The van der Waals surface area contributed by atoms with Crippen LogP contribution < -0.4 is 10.6 Å². The lowest BCUT2D eigenvalue weighted by atomic mass is 9.73. The standard InChI is InChI=1S/C35H45N5O3/c1-23(28-22-36-30-16-10-8-14-26(28)30)31(38-34(43)37-24-11-5-4-6-12-24)33(42)40-19-17-35(18-20-40)21-27(32(41)39(2)3)25-13-7-9-15-29(25)35/h7-10,13-16,22-24,27,31,36H,4-6,11-12,17-21H2,1-3H3,(H2,37,38,43). The monoisotopic (exact) mass is 583 g/mol. The summed E-state index contributed by atoms with van der Waals surface area (Å²) in [7, 11) is 3.65. The Morgan fingerprint density at radius 1 is 0.977 bits per heavy atom. The largest absolute Gasteiger partial charge is 0.361 e. The molecule has 3 aromatic rings. The van der Waals surface area contributed by atoms with Crippen LogP contribution in [0.3, 0.4) is 0 Å². The Kier molecular flexibility index (Phi) is 8.21. The Balaban J connectivity index is 1.22. The topological polar surface area (TPSA) is 97.5 Å². The summed E-state index contributed by atoms with van der Waals surface area (Å²) in [6.45, 7) is 3.23. The summed E-state index contributed by atoms with van der Waals surface area (Å²) in [4.78, 5) is 47.7. The normalized spacial score (nSPS) is 21.3. The molecule has 2 aliphatic carbocycles. The molecule has 0 bridgehead atoms. The number of aromatic nitrogens is 1. The zero-order valence-corrected chi connectivity index (χ0v) is 25.7. The van der Waals surface area contributed by atoms with E-state index in [4.69, 9.17) is 0 Å². The minimum Gasteiger partial charge on any atom is -0.361 e. The van der Waals surface area contributed by atoms with E-state index in [1.807, 2.05) is 56.4 Å². The van der Waals surface area contributed by atoms with Crippen LogP contribution in [-0.4, -0.2) is 71.9 Å². The van der Waals surface area contributed by atoms with Gasteiger partial charge >= 0.3 is 6.03 Å². The van der Waals surface area contributed by atoms with Gasteiger partial charge in [0.1, 0.15) is 6.04 Å². The first-order chi connectivity index (χ1) is 20.8. The lowest BCUT2D eigenvalue weighted by molar-refractivity contribution is -0.136. The first-order valence-corrected chi connectivity index (χ1v) is 16.0. The van der Waals surface area contributed by atoms with E-state index in [0.29, 0.717) is 13.1 Å².